The Morgan fingerprint density at radius 1 is 1.56 bits per heavy atom. The van der Waals surface area contributed by atoms with Gasteiger partial charge in [-0.3, -0.25) is 9.69 Å². The minimum Gasteiger partial charge on any atom is -0.468 e. The van der Waals surface area contributed by atoms with Gasteiger partial charge in [0.25, 0.3) is 0 Å². The molecule has 1 aromatic rings. The number of carbonyl (C=O) groups is 1. The van der Waals surface area contributed by atoms with Gasteiger partial charge in [-0.2, -0.15) is 0 Å². The zero-order valence-electron chi connectivity index (χ0n) is 11.1. The molecule has 1 fully saturated rings. The number of hydrogen-bond acceptors (Lipinski definition) is 4. The number of aromatic nitrogens is 2. The molecule has 1 aliphatic heterocycles. The van der Waals surface area contributed by atoms with E-state index < -0.39 is 0 Å². The zero-order valence-corrected chi connectivity index (χ0v) is 11.1. The summed E-state index contributed by atoms with van der Waals surface area (Å²) in [5.74, 6) is 0.957. The van der Waals surface area contributed by atoms with E-state index in [2.05, 4.69) is 9.88 Å². The number of hydrogen-bond donors (Lipinski definition) is 0. The van der Waals surface area contributed by atoms with E-state index in [-0.39, 0.29) is 12.0 Å². The van der Waals surface area contributed by atoms with Crippen LogP contribution in [0, 0.1) is 0 Å². The van der Waals surface area contributed by atoms with E-state index in [9.17, 15) is 4.79 Å². The molecule has 0 radical (unpaired) electrons. The molecule has 1 atom stereocenters. The first-order chi connectivity index (χ1) is 8.72. The van der Waals surface area contributed by atoms with E-state index in [4.69, 9.17) is 4.74 Å². The second-order valence-corrected chi connectivity index (χ2v) is 4.78. The maximum Gasteiger partial charge on any atom is 0.323 e. The standard InChI is InChI=1S/C13H21N3O2/c1-15-10-7-14-12(15)6-9-16-8-4-3-5-11(16)13(17)18-2/h7,10-11H,3-6,8-9H2,1-2H3/t11-/m1/s1. The fourth-order valence-corrected chi connectivity index (χ4v) is 2.54. The zero-order chi connectivity index (χ0) is 13.0. The number of ether oxygens (including phenoxy) is 1. The Labute approximate surface area is 108 Å². The largest absolute Gasteiger partial charge is 0.468 e. The van der Waals surface area contributed by atoms with Crippen molar-refractivity contribution >= 4 is 5.97 Å². The number of imidazole rings is 1. The predicted molar refractivity (Wildman–Crippen MR) is 68.1 cm³/mol. The molecule has 0 N–H and O–H groups in total. The highest BCUT2D eigenvalue weighted by Gasteiger charge is 2.29. The maximum atomic E-state index is 11.7. The van der Waals surface area contributed by atoms with Crippen molar-refractivity contribution in [3.05, 3.63) is 18.2 Å². The third kappa shape index (κ3) is 2.90. The molecule has 5 nitrogen and oxygen atoms in total. The lowest BCUT2D eigenvalue weighted by atomic mass is 10.0. The van der Waals surface area contributed by atoms with E-state index in [1.54, 1.807) is 0 Å². The van der Waals surface area contributed by atoms with Crippen molar-refractivity contribution in [1.82, 2.24) is 14.5 Å². The van der Waals surface area contributed by atoms with E-state index in [1.807, 2.05) is 24.0 Å². The molecule has 0 aliphatic carbocycles. The highest BCUT2D eigenvalue weighted by Crippen LogP contribution is 2.18. The molecule has 2 rings (SSSR count). The van der Waals surface area contributed by atoms with Crippen molar-refractivity contribution in [3.63, 3.8) is 0 Å². The molecule has 0 spiro atoms. The number of rotatable bonds is 4. The van der Waals surface area contributed by atoms with Gasteiger partial charge in [-0.25, -0.2) is 4.98 Å². The molecule has 0 amide bonds. The molecular weight excluding hydrogens is 230 g/mol. The second-order valence-electron chi connectivity index (χ2n) is 4.78. The fourth-order valence-electron chi connectivity index (χ4n) is 2.54. The van der Waals surface area contributed by atoms with Crippen LogP contribution in [0.3, 0.4) is 0 Å². The Morgan fingerprint density at radius 3 is 3.06 bits per heavy atom. The van der Waals surface area contributed by atoms with Gasteiger partial charge in [0.2, 0.25) is 0 Å². The Kier molecular flexibility index (Phi) is 4.36. The molecule has 0 unspecified atom stereocenters. The average molecular weight is 251 g/mol. The Balaban J connectivity index is 1.93. The van der Waals surface area contributed by atoms with Crippen LogP contribution < -0.4 is 0 Å². The lowest BCUT2D eigenvalue weighted by Crippen LogP contribution is -2.46. The van der Waals surface area contributed by atoms with Crippen LogP contribution in [0.25, 0.3) is 0 Å². The van der Waals surface area contributed by atoms with Gasteiger partial charge in [-0.05, 0) is 19.4 Å². The molecule has 0 saturated carbocycles. The Bertz CT molecular complexity index is 403. The molecule has 2 heterocycles. The van der Waals surface area contributed by atoms with Crippen LogP contribution in [0.1, 0.15) is 25.1 Å². The lowest BCUT2D eigenvalue weighted by molar-refractivity contribution is -0.148. The van der Waals surface area contributed by atoms with Crippen LogP contribution in [0.5, 0.6) is 0 Å². The third-order valence-electron chi connectivity index (χ3n) is 3.63. The minimum absolute atomic E-state index is 0.0657. The van der Waals surface area contributed by atoms with Crippen molar-refractivity contribution < 1.29 is 9.53 Å². The van der Waals surface area contributed by atoms with Crippen LogP contribution in [0.15, 0.2) is 12.4 Å². The topological polar surface area (TPSA) is 47.4 Å². The van der Waals surface area contributed by atoms with E-state index in [0.29, 0.717) is 0 Å². The van der Waals surface area contributed by atoms with Crippen molar-refractivity contribution in [2.45, 2.75) is 31.7 Å². The second kappa shape index (κ2) is 6.00. The van der Waals surface area contributed by atoms with E-state index in [0.717, 1.165) is 44.6 Å². The monoisotopic (exact) mass is 251 g/mol. The molecular formula is C13H21N3O2. The van der Waals surface area contributed by atoms with E-state index in [1.165, 1.54) is 7.11 Å². The molecule has 18 heavy (non-hydrogen) atoms. The van der Waals surface area contributed by atoms with Crippen LogP contribution in [0.2, 0.25) is 0 Å². The summed E-state index contributed by atoms with van der Waals surface area (Å²) in [6.45, 7) is 1.84. The van der Waals surface area contributed by atoms with Crippen molar-refractivity contribution in [3.8, 4) is 0 Å². The summed E-state index contributed by atoms with van der Waals surface area (Å²) < 4.78 is 6.90. The summed E-state index contributed by atoms with van der Waals surface area (Å²) in [4.78, 5) is 18.3. The molecule has 1 aliphatic rings. The van der Waals surface area contributed by atoms with Gasteiger partial charge in [-0.1, -0.05) is 6.42 Å². The molecule has 1 aromatic heterocycles. The molecule has 1 saturated heterocycles. The first kappa shape index (κ1) is 13.1. The first-order valence-corrected chi connectivity index (χ1v) is 6.50. The summed E-state index contributed by atoms with van der Waals surface area (Å²) in [5, 5.41) is 0. The number of piperidine rings is 1. The van der Waals surface area contributed by atoms with Gasteiger partial charge in [-0.15, -0.1) is 0 Å². The molecule has 100 valence electrons. The Hall–Kier alpha value is -1.36. The number of esters is 1. The van der Waals surface area contributed by atoms with Crippen molar-refractivity contribution in [2.75, 3.05) is 20.2 Å². The normalized spacial score (nSPS) is 20.9. The highest BCUT2D eigenvalue weighted by atomic mass is 16.5. The van der Waals surface area contributed by atoms with Gasteiger partial charge >= 0.3 is 5.97 Å². The SMILES string of the molecule is COC(=O)[C@H]1CCCCN1CCc1nccn1C. The van der Waals surface area contributed by atoms with Gasteiger partial charge in [0.1, 0.15) is 11.9 Å². The first-order valence-electron chi connectivity index (χ1n) is 6.50. The van der Waals surface area contributed by atoms with Gasteiger partial charge < -0.3 is 9.30 Å². The molecule has 0 aromatic carbocycles. The fraction of sp³-hybridized carbons (Fsp3) is 0.692. The molecule has 0 bridgehead atoms. The van der Waals surface area contributed by atoms with Crippen LogP contribution in [0.4, 0.5) is 0 Å². The highest BCUT2D eigenvalue weighted by molar-refractivity contribution is 5.75. The average Bonchev–Trinajstić information content (AvgIpc) is 2.81. The third-order valence-corrected chi connectivity index (χ3v) is 3.63. The smallest absolute Gasteiger partial charge is 0.323 e. The number of likely N-dealkylation sites (tertiary alicyclic amines) is 1. The number of methoxy groups -OCH3 is 1. The van der Waals surface area contributed by atoms with Crippen LogP contribution in [-0.2, 0) is 23.0 Å². The Morgan fingerprint density at radius 2 is 2.39 bits per heavy atom. The van der Waals surface area contributed by atoms with Crippen LogP contribution >= 0.6 is 0 Å². The maximum absolute atomic E-state index is 11.7. The van der Waals surface area contributed by atoms with Gasteiger partial charge in [0.15, 0.2) is 0 Å². The summed E-state index contributed by atoms with van der Waals surface area (Å²) in [6.07, 6.45) is 7.81. The van der Waals surface area contributed by atoms with Gasteiger partial charge in [0, 0.05) is 32.4 Å². The minimum atomic E-state index is -0.102. The predicted octanol–water partition coefficient (Wildman–Crippen LogP) is 0.990. The summed E-state index contributed by atoms with van der Waals surface area (Å²) in [6, 6.07) is -0.0657. The van der Waals surface area contributed by atoms with Crippen molar-refractivity contribution in [1.29, 1.82) is 0 Å². The van der Waals surface area contributed by atoms with Crippen LogP contribution in [-0.4, -0.2) is 46.7 Å². The number of nitrogens with zero attached hydrogens (tertiary/aromatic N) is 3. The lowest BCUT2D eigenvalue weighted by Gasteiger charge is -2.33. The summed E-state index contributed by atoms with van der Waals surface area (Å²) >= 11 is 0. The number of carbonyl (C=O) groups excluding carboxylic acids is 1. The summed E-state index contributed by atoms with van der Waals surface area (Å²) in [5.41, 5.74) is 0. The van der Waals surface area contributed by atoms with Gasteiger partial charge in [0.05, 0.1) is 7.11 Å². The summed E-state index contributed by atoms with van der Waals surface area (Å²) in [7, 11) is 3.46. The molecule has 5 heteroatoms. The van der Waals surface area contributed by atoms with Crippen molar-refractivity contribution in [2.24, 2.45) is 7.05 Å². The number of aryl methyl sites for hydroxylation is 1. The quantitative estimate of drug-likeness (QED) is 0.749. The van der Waals surface area contributed by atoms with E-state index >= 15 is 0 Å².